The molecule has 5 heteroatoms. The molecule has 5 nitrogen and oxygen atoms in total. The van der Waals surface area contributed by atoms with Crippen LogP contribution in [0, 0.1) is 0 Å². The summed E-state index contributed by atoms with van der Waals surface area (Å²) in [4.78, 5) is 25.7. The third-order valence-corrected chi connectivity index (χ3v) is 15.7. The van der Waals surface area contributed by atoms with Crippen LogP contribution in [-0.2, 0) is 0 Å². The molecule has 396 valence electrons. The number of benzene rings is 12. The lowest BCUT2D eigenvalue weighted by Gasteiger charge is -2.15. The second-order valence-electron chi connectivity index (χ2n) is 20.7. The van der Waals surface area contributed by atoms with E-state index in [0.29, 0.717) is 5.82 Å². The first-order chi connectivity index (χ1) is 41.6. The zero-order chi connectivity index (χ0) is 56.3. The normalized spacial score (nSPS) is 11.2. The van der Waals surface area contributed by atoms with Gasteiger partial charge in [-0.05, 0) is 91.1 Å². The zero-order valence-corrected chi connectivity index (χ0v) is 46.5. The smallest absolute Gasteiger partial charge is 0.160 e. The fourth-order valence-corrected chi connectivity index (χ4v) is 11.6. The number of hydrogen-bond acceptors (Lipinski definition) is 5. The van der Waals surface area contributed by atoms with Crippen molar-refractivity contribution in [3.8, 4) is 78.5 Å². The molecule has 0 N–H and O–H groups in total. The van der Waals surface area contributed by atoms with Crippen molar-refractivity contribution in [3.05, 3.63) is 297 Å². The van der Waals surface area contributed by atoms with Crippen LogP contribution >= 0.6 is 0 Å². The first kappa shape index (κ1) is 51.2. The van der Waals surface area contributed by atoms with E-state index in [9.17, 15) is 0 Å². The standard InChI is InChI=1S/C39H25N3.C38H24N2.C2H6/c1-4-13-27(14-5-1)34-25-35(28-16-6-2-7-17-28)40-37-32(34)23-24-33-36(31-22-12-20-26-15-10-11-21-30(26)31)41-39(42-38(33)37)29-18-8-3-9-19-29;1-2-9-29-21-30(18-15-25(29)7-1)35-23-37(40-38-33-11-5-3-8-27(33)19-20-34(35)38)28-16-13-26(14-17-28)32-22-31-10-4-6-12-36(31)39-24-32;1-2/h1-25H;1-24H;1-2H3. The Bertz CT molecular complexity index is 5080. The lowest BCUT2D eigenvalue weighted by molar-refractivity contribution is 1.23. The van der Waals surface area contributed by atoms with E-state index in [4.69, 9.17) is 19.9 Å². The Hall–Kier alpha value is -11.0. The predicted octanol–water partition coefficient (Wildman–Crippen LogP) is 21.1. The van der Waals surface area contributed by atoms with Crippen LogP contribution in [-0.4, -0.2) is 24.9 Å². The maximum absolute atomic E-state index is 5.30. The number of rotatable bonds is 7. The van der Waals surface area contributed by atoms with Gasteiger partial charge in [0.15, 0.2) is 5.82 Å². The van der Waals surface area contributed by atoms with Crippen molar-refractivity contribution in [2.24, 2.45) is 0 Å². The largest absolute Gasteiger partial charge is 0.256 e. The topological polar surface area (TPSA) is 64.5 Å². The van der Waals surface area contributed by atoms with Gasteiger partial charge in [-0.1, -0.05) is 269 Å². The first-order valence-corrected chi connectivity index (χ1v) is 28.7. The molecule has 0 bridgehead atoms. The van der Waals surface area contributed by atoms with Crippen LogP contribution in [0.25, 0.3) is 154 Å². The Morgan fingerprint density at radius 2 is 0.714 bits per heavy atom. The van der Waals surface area contributed by atoms with Gasteiger partial charge >= 0.3 is 0 Å². The molecule has 0 spiro atoms. The maximum Gasteiger partial charge on any atom is 0.160 e. The highest BCUT2D eigenvalue weighted by Gasteiger charge is 2.20. The van der Waals surface area contributed by atoms with Gasteiger partial charge in [-0.25, -0.2) is 19.9 Å². The molecular weight excluding hydrogens is 1020 g/mol. The molecule has 84 heavy (non-hydrogen) atoms. The van der Waals surface area contributed by atoms with Crippen molar-refractivity contribution in [2.45, 2.75) is 13.8 Å². The molecule has 0 radical (unpaired) electrons. The molecule has 12 aromatic carbocycles. The van der Waals surface area contributed by atoms with Crippen LogP contribution in [0.15, 0.2) is 297 Å². The zero-order valence-electron chi connectivity index (χ0n) is 46.5. The van der Waals surface area contributed by atoms with Gasteiger partial charge in [0.25, 0.3) is 0 Å². The van der Waals surface area contributed by atoms with Crippen molar-refractivity contribution in [1.29, 1.82) is 0 Å². The van der Waals surface area contributed by atoms with Crippen LogP contribution in [0.3, 0.4) is 0 Å². The second kappa shape index (κ2) is 22.5. The third kappa shape index (κ3) is 9.74. The average Bonchev–Trinajstić information content (AvgIpc) is 2.18. The van der Waals surface area contributed by atoms with Gasteiger partial charge in [0.1, 0.15) is 5.52 Å². The third-order valence-electron chi connectivity index (χ3n) is 15.7. The van der Waals surface area contributed by atoms with Gasteiger partial charge in [0, 0.05) is 60.9 Å². The van der Waals surface area contributed by atoms with Crippen LogP contribution in [0.5, 0.6) is 0 Å². The molecule has 0 atom stereocenters. The van der Waals surface area contributed by atoms with E-state index in [-0.39, 0.29) is 0 Å². The molecule has 0 amide bonds. The first-order valence-electron chi connectivity index (χ1n) is 28.7. The summed E-state index contributed by atoms with van der Waals surface area (Å²) in [5.74, 6) is 0.687. The summed E-state index contributed by atoms with van der Waals surface area (Å²) in [5.41, 5.74) is 17.7. The predicted molar refractivity (Wildman–Crippen MR) is 354 cm³/mol. The summed E-state index contributed by atoms with van der Waals surface area (Å²) in [5, 5.41) is 11.5. The van der Waals surface area contributed by atoms with Crippen molar-refractivity contribution >= 4 is 75.9 Å². The van der Waals surface area contributed by atoms with E-state index in [2.05, 4.69) is 260 Å². The number of nitrogens with zero attached hydrogens (tertiary/aromatic N) is 5. The van der Waals surface area contributed by atoms with E-state index >= 15 is 0 Å². The van der Waals surface area contributed by atoms with E-state index < -0.39 is 0 Å². The van der Waals surface area contributed by atoms with Crippen molar-refractivity contribution in [3.63, 3.8) is 0 Å². The number of para-hydroxylation sites is 1. The highest BCUT2D eigenvalue weighted by atomic mass is 14.9. The molecule has 0 saturated carbocycles. The lowest BCUT2D eigenvalue weighted by atomic mass is 9.94. The molecule has 0 aliphatic heterocycles. The van der Waals surface area contributed by atoms with Gasteiger partial charge in [0.2, 0.25) is 0 Å². The Labute approximate surface area is 487 Å². The summed E-state index contributed by atoms with van der Waals surface area (Å²) < 4.78 is 0. The number of fused-ring (bicyclic) bond motifs is 9. The minimum Gasteiger partial charge on any atom is -0.256 e. The molecule has 16 aromatic rings. The Balaban J connectivity index is 0.000000145. The van der Waals surface area contributed by atoms with E-state index in [1.165, 1.54) is 38.1 Å². The minimum absolute atomic E-state index is 0.687. The molecule has 0 saturated heterocycles. The summed E-state index contributed by atoms with van der Waals surface area (Å²) in [7, 11) is 0. The van der Waals surface area contributed by atoms with E-state index in [0.717, 1.165) is 111 Å². The van der Waals surface area contributed by atoms with Gasteiger partial charge in [-0.2, -0.15) is 0 Å². The summed E-state index contributed by atoms with van der Waals surface area (Å²) >= 11 is 0. The summed E-state index contributed by atoms with van der Waals surface area (Å²) in [6.07, 6.45) is 1.95. The molecule has 0 aliphatic carbocycles. The van der Waals surface area contributed by atoms with Crippen molar-refractivity contribution in [2.75, 3.05) is 0 Å². The molecule has 4 aromatic heterocycles. The van der Waals surface area contributed by atoms with Crippen LogP contribution in [0.1, 0.15) is 13.8 Å². The summed E-state index contributed by atoms with van der Waals surface area (Å²) in [6, 6.07) is 102. The van der Waals surface area contributed by atoms with Gasteiger partial charge in [-0.3, -0.25) is 4.98 Å². The minimum atomic E-state index is 0.687. The molecule has 0 aliphatic rings. The summed E-state index contributed by atoms with van der Waals surface area (Å²) in [6.45, 7) is 4.00. The van der Waals surface area contributed by atoms with Crippen molar-refractivity contribution < 1.29 is 0 Å². The Morgan fingerprint density at radius 3 is 1.45 bits per heavy atom. The van der Waals surface area contributed by atoms with E-state index in [1.807, 2.05) is 56.4 Å². The van der Waals surface area contributed by atoms with Gasteiger partial charge < -0.3 is 0 Å². The molecule has 0 unspecified atom stereocenters. The Morgan fingerprint density at radius 1 is 0.238 bits per heavy atom. The number of pyridine rings is 3. The number of hydrogen-bond donors (Lipinski definition) is 0. The van der Waals surface area contributed by atoms with Crippen molar-refractivity contribution in [1.82, 2.24) is 24.9 Å². The molecular formula is C79H55N5. The SMILES string of the molecule is CC.c1ccc(-c2cc(-c3ccccc3)c3ccc4c(-c5cccc6ccccc56)nc(-c5ccccc5)nc4c3n2)cc1.c1ccc2cc(-c3cc(-c4ccc(-c5cnc6ccccc6c5)cc4)nc4c3ccc3ccccc34)ccc2c1. The lowest BCUT2D eigenvalue weighted by Crippen LogP contribution is -1.98. The Kier molecular flexibility index (Phi) is 13.7. The molecule has 0 fully saturated rings. The quantitative estimate of drug-likeness (QED) is 0.149. The second-order valence-corrected chi connectivity index (χ2v) is 20.7. The fraction of sp³-hybridized carbons (Fsp3) is 0.0253. The van der Waals surface area contributed by atoms with Crippen LogP contribution in [0.4, 0.5) is 0 Å². The molecule has 4 heterocycles. The fourth-order valence-electron chi connectivity index (χ4n) is 11.6. The highest BCUT2D eigenvalue weighted by molar-refractivity contribution is 6.15. The van der Waals surface area contributed by atoms with Gasteiger partial charge in [0.05, 0.1) is 33.6 Å². The van der Waals surface area contributed by atoms with Crippen LogP contribution in [0.2, 0.25) is 0 Å². The van der Waals surface area contributed by atoms with Gasteiger partial charge in [-0.15, -0.1) is 0 Å². The van der Waals surface area contributed by atoms with Crippen LogP contribution < -0.4 is 0 Å². The maximum atomic E-state index is 5.30. The monoisotopic (exact) mass is 1070 g/mol. The highest BCUT2D eigenvalue weighted by Crippen LogP contribution is 2.41. The molecule has 16 rings (SSSR count). The van der Waals surface area contributed by atoms with E-state index in [1.54, 1.807) is 0 Å². The average molecular weight is 1070 g/mol. The number of aromatic nitrogens is 5.